The summed E-state index contributed by atoms with van der Waals surface area (Å²) < 4.78 is 0. The predicted octanol–water partition coefficient (Wildman–Crippen LogP) is 3.16. The Hall–Kier alpha value is -3.40. The van der Waals surface area contributed by atoms with Crippen LogP contribution in [-0.2, 0) is 4.79 Å². The Bertz CT molecular complexity index is 871. The molecule has 0 fully saturated rings. The Balaban J connectivity index is 2.15. The highest BCUT2D eigenvalue weighted by molar-refractivity contribution is 5.95. The molecule has 0 aliphatic heterocycles. The van der Waals surface area contributed by atoms with Crippen LogP contribution in [0.3, 0.4) is 0 Å². The molecule has 1 amide bonds. The second-order valence-corrected chi connectivity index (χ2v) is 5.72. The van der Waals surface area contributed by atoms with E-state index in [1.165, 1.54) is 18.2 Å². The van der Waals surface area contributed by atoms with Crippen LogP contribution in [0.15, 0.2) is 36.4 Å². The van der Waals surface area contributed by atoms with Crippen LogP contribution in [0.1, 0.15) is 16.7 Å². The molecule has 0 saturated heterocycles. The van der Waals surface area contributed by atoms with Crippen LogP contribution in [0.25, 0.3) is 0 Å². The maximum absolute atomic E-state index is 12.3. The Morgan fingerprint density at radius 2 is 2.04 bits per heavy atom. The molecule has 0 unspecified atom stereocenters. The number of hydrogen-bond donors (Lipinski definition) is 1. The van der Waals surface area contributed by atoms with Gasteiger partial charge in [0.05, 0.1) is 22.7 Å². The number of nitro groups is 1. The number of nitrogens with one attached hydrogen (secondary N) is 1. The van der Waals surface area contributed by atoms with Crippen LogP contribution < -0.4 is 10.2 Å². The van der Waals surface area contributed by atoms with E-state index < -0.39 is 4.92 Å². The lowest BCUT2D eigenvalue weighted by atomic mass is 10.1. The van der Waals surface area contributed by atoms with Crippen molar-refractivity contribution < 1.29 is 9.72 Å². The largest absolute Gasteiger partial charge is 0.364 e. The van der Waals surface area contributed by atoms with Gasteiger partial charge in [0.15, 0.2) is 0 Å². The first-order valence-electron chi connectivity index (χ1n) is 7.59. The van der Waals surface area contributed by atoms with Crippen molar-refractivity contribution in [2.75, 3.05) is 23.8 Å². The second-order valence-electron chi connectivity index (χ2n) is 5.72. The summed E-state index contributed by atoms with van der Waals surface area (Å²) in [6.45, 7) is 3.91. The SMILES string of the molecule is Cc1cccc(NC(=O)CN(C)c2ccc([N+](=O)[O-])cc2C#N)c1C. The lowest BCUT2D eigenvalue weighted by Gasteiger charge is -2.20. The monoisotopic (exact) mass is 338 g/mol. The van der Waals surface area contributed by atoms with Crippen molar-refractivity contribution in [2.24, 2.45) is 0 Å². The number of anilines is 2. The van der Waals surface area contributed by atoms with Gasteiger partial charge in [-0.3, -0.25) is 14.9 Å². The summed E-state index contributed by atoms with van der Waals surface area (Å²) in [5, 5.41) is 22.9. The van der Waals surface area contributed by atoms with Crippen molar-refractivity contribution in [3.63, 3.8) is 0 Å². The van der Waals surface area contributed by atoms with E-state index in [1.54, 1.807) is 11.9 Å². The van der Waals surface area contributed by atoms with Gasteiger partial charge in [-0.05, 0) is 37.1 Å². The molecule has 0 aliphatic carbocycles. The van der Waals surface area contributed by atoms with E-state index >= 15 is 0 Å². The molecule has 1 N–H and O–H groups in total. The summed E-state index contributed by atoms with van der Waals surface area (Å²) in [6, 6.07) is 11.6. The van der Waals surface area contributed by atoms with Gasteiger partial charge >= 0.3 is 0 Å². The number of carbonyl (C=O) groups is 1. The lowest BCUT2D eigenvalue weighted by molar-refractivity contribution is -0.384. The van der Waals surface area contributed by atoms with Gasteiger partial charge in [-0.15, -0.1) is 0 Å². The van der Waals surface area contributed by atoms with Crippen LogP contribution >= 0.6 is 0 Å². The molecule has 0 heterocycles. The molecule has 7 heteroatoms. The highest BCUT2D eigenvalue weighted by atomic mass is 16.6. The fraction of sp³-hybridized carbons (Fsp3) is 0.222. The number of nitro benzene ring substituents is 1. The predicted molar refractivity (Wildman–Crippen MR) is 95.6 cm³/mol. The number of rotatable bonds is 5. The van der Waals surface area contributed by atoms with Gasteiger partial charge < -0.3 is 10.2 Å². The van der Waals surface area contributed by atoms with Crippen molar-refractivity contribution in [2.45, 2.75) is 13.8 Å². The van der Waals surface area contributed by atoms with Gasteiger partial charge in [0.1, 0.15) is 6.07 Å². The summed E-state index contributed by atoms with van der Waals surface area (Å²) in [6.07, 6.45) is 0. The van der Waals surface area contributed by atoms with Crippen LogP contribution in [0.4, 0.5) is 17.1 Å². The minimum absolute atomic E-state index is 0.0138. The van der Waals surface area contributed by atoms with Gasteiger partial charge in [0.2, 0.25) is 5.91 Å². The molecular formula is C18H18N4O3. The van der Waals surface area contributed by atoms with E-state index in [0.717, 1.165) is 16.8 Å². The first kappa shape index (κ1) is 17.9. The zero-order valence-electron chi connectivity index (χ0n) is 14.2. The molecule has 0 radical (unpaired) electrons. The van der Waals surface area contributed by atoms with Gasteiger partial charge in [-0.25, -0.2) is 0 Å². The minimum Gasteiger partial charge on any atom is -0.364 e. The third-order valence-electron chi connectivity index (χ3n) is 3.98. The van der Waals surface area contributed by atoms with Crippen LogP contribution in [0.5, 0.6) is 0 Å². The molecule has 0 bridgehead atoms. The van der Waals surface area contributed by atoms with Gasteiger partial charge in [-0.2, -0.15) is 5.26 Å². The first-order valence-corrected chi connectivity index (χ1v) is 7.59. The van der Waals surface area contributed by atoms with Crippen LogP contribution in [-0.4, -0.2) is 24.4 Å². The molecule has 7 nitrogen and oxygen atoms in total. The van der Waals surface area contributed by atoms with Crippen molar-refractivity contribution in [3.8, 4) is 6.07 Å². The van der Waals surface area contributed by atoms with E-state index in [4.69, 9.17) is 0 Å². The Kier molecular flexibility index (Phi) is 5.35. The molecule has 0 aromatic heterocycles. The number of nitrogens with zero attached hydrogens (tertiary/aromatic N) is 3. The normalized spacial score (nSPS) is 10.0. The van der Waals surface area contributed by atoms with Crippen molar-refractivity contribution >= 4 is 23.0 Å². The number of likely N-dealkylation sites (N-methyl/N-ethyl adjacent to an activating group) is 1. The highest BCUT2D eigenvalue weighted by Crippen LogP contribution is 2.24. The smallest absolute Gasteiger partial charge is 0.270 e. The standard InChI is InChI=1S/C18H18N4O3/c1-12-5-4-6-16(13(12)2)20-18(23)11-21(3)17-8-7-15(22(24)25)9-14(17)10-19/h4-9H,11H2,1-3H3,(H,20,23). The number of nitriles is 1. The molecule has 128 valence electrons. The zero-order chi connectivity index (χ0) is 18.6. The fourth-order valence-electron chi connectivity index (χ4n) is 2.44. The number of carbonyl (C=O) groups excluding carboxylic acids is 1. The maximum Gasteiger partial charge on any atom is 0.270 e. The summed E-state index contributed by atoms with van der Waals surface area (Å²) in [7, 11) is 1.66. The van der Waals surface area contributed by atoms with E-state index in [-0.39, 0.29) is 23.7 Å². The van der Waals surface area contributed by atoms with Crippen molar-refractivity contribution in [1.82, 2.24) is 0 Å². The third kappa shape index (κ3) is 4.12. The Morgan fingerprint density at radius 3 is 2.68 bits per heavy atom. The number of non-ortho nitro benzene ring substituents is 1. The molecule has 0 saturated carbocycles. The van der Waals surface area contributed by atoms with Crippen molar-refractivity contribution in [1.29, 1.82) is 5.26 Å². The second kappa shape index (κ2) is 7.45. The number of aryl methyl sites for hydroxylation is 1. The third-order valence-corrected chi connectivity index (χ3v) is 3.98. The Labute approximate surface area is 145 Å². The first-order chi connectivity index (χ1) is 11.8. The number of hydrogen-bond acceptors (Lipinski definition) is 5. The van der Waals surface area contributed by atoms with Crippen LogP contribution in [0.2, 0.25) is 0 Å². The average molecular weight is 338 g/mol. The summed E-state index contributed by atoms with van der Waals surface area (Å²) in [4.78, 5) is 24.1. The van der Waals surface area contributed by atoms with Crippen molar-refractivity contribution in [3.05, 3.63) is 63.2 Å². The summed E-state index contributed by atoms with van der Waals surface area (Å²) >= 11 is 0. The molecule has 2 aromatic rings. The zero-order valence-corrected chi connectivity index (χ0v) is 14.2. The fourth-order valence-corrected chi connectivity index (χ4v) is 2.44. The molecule has 0 atom stereocenters. The van der Waals surface area contributed by atoms with E-state index in [1.807, 2.05) is 38.1 Å². The van der Waals surface area contributed by atoms with E-state index in [2.05, 4.69) is 5.32 Å². The van der Waals surface area contributed by atoms with Crippen LogP contribution in [0, 0.1) is 35.3 Å². The summed E-state index contributed by atoms with van der Waals surface area (Å²) in [5.41, 5.74) is 3.26. The molecule has 2 rings (SSSR count). The molecule has 25 heavy (non-hydrogen) atoms. The average Bonchev–Trinajstić information content (AvgIpc) is 2.58. The van der Waals surface area contributed by atoms with E-state index in [0.29, 0.717) is 5.69 Å². The quantitative estimate of drug-likeness (QED) is 0.667. The van der Waals surface area contributed by atoms with Gasteiger partial charge in [0.25, 0.3) is 5.69 Å². The topological polar surface area (TPSA) is 99.3 Å². The molecule has 0 aliphatic rings. The van der Waals surface area contributed by atoms with Gasteiger partial charge in [0, 0.05) is 24.9 Å². The van der Waals surface area contributed by atoms with E-state index in [9.17, 15) is 20.2 Å². The lowest BCUT2D eigenvalue weighted by Crippen LogP contribution is -2.30. The minimum atomic E-state index is -0.558. The molecular weight excluding hydrogens is 320 g/mol. The molecule has 2 aromatic carbocycles. The van der Waals surface area contributed by atoms with Gasteiger partial charge in [-0.1, -0.05) is 12.1 Å². The number of benzene rings is 2. The maximum atomic E-state index is 12.3. The highest BCUT2D eigenvalue weighted by Gasteiger charge is 2.16. The Morgan fingerprint density at radius 1 is 1.32 bits per heavy atom. The number of amides is 1. The molecule has 0 spiro atoms. The summed E-state index contributed by atoms with van der Waals surface area (Å²) in [5.74, 6) is -0.238.